The first kappa shape index (κ1) is 11.5. The minimum absolute atomic E-state index is 0.278. The Balaban J connectivity index is 2.52. The molecular formula is C12H12Cl2N2. The lowest BCUT2D eigenvalue weighted by Crippen LogP contribution is -2.02. The van der Waals surface area contributed by atoms with E-state index in [1.165, 1.54) is 0 Å². The number of imidazole rings is 1. The molecule has 0 unspecified atom stereocenters. The van der Waals surface area contributed by atoms with Crippen LogP contribution < -0.4 is 0 Å². The van der Waals surface area contributed by atoms with Crippen molar-refractivity contribution in [2.45, 2.75) is 19.9 Å². The maximum Gasteiger partial charge on any atom is 0.203 e. The van der Waals surface area contributed by atoms with Gasteiger partial charge in [-0.25, -0.2) is 4.98 Å². The van der Waals surface area contributed by atoms with Crippen LogP contribution in [0.3, 0.4) is 0 Å². The molecule has 0 spiro atoms. The second-order valence-electron chi connectivity index (χ2n) is 3.88. The van der Waals surface area contributed by atoms with Crippen LogP contribution in [0.1, 0.15) is 19.9 Å². The molecule has 0 radical (unpaired) electrons. The summed E-state index contributed by atoms with van der Waals surface area (Å²) in [5.74, 6) is 0. The van der Waals surface area contributed by atoms with E-state index in [0.29, 0.717) is 5.28 Å². The molecule has 0 amide bonds. The van der Waals surface area contributed by atoms with E-state index in [1.807, 2.05) is 28.8 Å². The highest BCUT2D eigenvalue weighted by atomic mass is 35.5. The van der Waals surface area contributed by atoms with Gasteiger partial charge in [-0.3, -0.25) is 0 Å². The van der Waals surface area contributed by atoms with E-state index in [0.717, 1.165) is 16.3 Å². The molecule has 0 saturated heterocycles. The average molecular weight is 255 g/mol. The van der Waals surface area contributed by atoms with Crippen LogP contribution in [0.25, 0.3) is 11.3 Å². The number of hydrogen-bond acceptors (Lipinski definition) is 1. The first-order valence-electron chi connectivity index (χ1n) is 5.08. The lowest BCUT2D eigenvalue weighted by Gasteiger charge is -2.13. The predicted octanol–water partition coefficient (Wildman–Crippen LogP) is 4.44. The van der Waals surface area contributed by atoms with Gasteiger partial charge < -0.3 is 4.57 Å². The van der Waals surface area contributed by atoms with Crippen molar-refractivity contribution in [3.8, 4) is 11.3 Å². The Morgan fingerprint density at radius 2 is 1.75 bits per heavy atom. The summed E-state index contributed by atoms with van der Waals surface area (Å²) in [6.07, 6.45) is 1.78. The number of aromatic nitrogens is 2. The Morgan fingerprint density at radius 3 is 2.31 bits per heavy atom. The standard InChI is InChI=1S/C12H12Cl2N2/c1-8(2)16-11(7-15-12(16)14)9-3-5-10(13)6-4-9/h3-8H,1-2H3. The fourth-order valence-electron chi connectivity index (χ4n) is 1.66. The minimum atomic E-state index is 0.278. The van der Waals surface area contributed by atoms with Gasteiger partial charge in [0.25, 0.3) is 0 Å². The summed E-state index contributed by atoms with van der Waals surface area (Å²) in [5.41, 5.74) is 2.08. The van der Waals surface area contributed by atoms with Crippen molar-refractivity contribution in [3.63, 3.8) is 0 Å². The summed E-state index contributed by atoms with van der Waals surface area (Å²) in [5, 5.41) is 1.24. The summed E-state index contributed by atoms with van der Waals surface area (Å²) in [6.45, 7) is 4.15. The molecule has 2 rings (SSSR count). The van der Waals surface area contributed by atoms with Gasteiger partial charge in [-0.05, 0) is 43.1 Å². The molecule has 0 N–H and O–H groups in total. The second kappa shape index (κ2) is 4.48. The first-order chi connectivity index (χ1) is 7.59. The number of hydrogen-bond donors (Lipinski definition) is 0. The number of rotatable bonds is 2. The summed E-state index contributed by atoms with van der Waals surface area (Å²) in [6, 6.07) is 7.94. The van der Waals surface area contributed by atoms with Crippen molar-refractivity contribution in [3.05, 3.63) is 40.8 Å². The van der Waals surface area contributed by atoms with Gasteiger partial charge in [0.15, 0.2) is 0 Å². The van der Waals surface area contributed by atoms with Crippen molar-refractivity contribution in [2.24, 2.45) is 0 Å². The lowest BCUT2D eigenvalue weighted by atomic mass is 10.1. The SMILES string of the molecule is CC(C)n1c(-c2ccc(Cl)cc2)cnc1Cl. The Morgan fingerprint density at radius 1 is 1.12 bits per heavy atom. The fraction of sp³-hybridized carbons (Fsp3) is 0.250. The van der Waals surface area contributed by atoms with Gasteiger partial charge in [-0.2, -0.15) is 0 Å². The predicted molar refractivity (Wildman–Crippen MR) is 68.1 cm³/mol. The third-order valence-electron chi connectivity index (χ3n) is 2.41. The van der Waals surface area contributed by atoms with Crippen LogP contribution in [0, 0.1) is 0 Å². The van der Waals surface area contributed by atoms with Crippen LogP contribution in [-0.2, 0) is 0 Å². The van der Waals surface area contributed by atoms with E-state index < -0.39 is 0 Å². The third kappa shape index (κ3) is 2.08. The van der Waals surface area contributed by atoms with Crippen molar-refractivity contribution in [2.75, 3.05) is 0 Å². The molecule has 0 bridgehead atoms. The van der Waals surface area contributed by atoms with E-state index in [2.05, 4.69) is 18.8 Å². The summed E-state index contributed by atoms with van der Waals surface area (Å²) in [4.78, 5) is 4.13. The van der Waals surface area contributed by atoms with Crippen LogP contribution >= 0.6 is 23.2 Å². The Bertz CT molecular complexity index is 486. The zero-order chi connectivity index (χ0) is 11.7. The van der Waals surface area contributed by atoms with Gasteiger partial charge in [-0.1, -0.05) is 23.7 Å². The molecule has 0 aliphatic heterocycles. The van der Waals surface area contributed by atoms with Gasteiger partial charge >= 0.3 is 0 Å². The van der Waals surface area contributed by atoms with Gasteiger partial charge in [0.1, 0.15) is 0 Å². The highest BCUT2D eigenvalue weighted by molar-refractivity contribution is 6.30. The summed E-state index contributed by atoms with van der Waals surface area (Å²) >= 11 is 11.9. The molecule has 1 aromatic carbocycles. The molecule has 2 aromatic rings. The Labute approximate surface area is 105 Å². The smallest absolute Gasteiger partial charge is 0.203 e. The Kier molecular flexibility index (Phi) is 3.22. The molecule has 4 heteroatoms. The highest BCUT2D eigenvalue weighted by Crippen LogP contribution is 2.27. The molecule has 0 fully saturated rings. The van der Waals surface area contributed by atoms with Crippen molar-refractivity contribution >= 4 is 23.2 Å². The average Bonchev–Trinajstić information content (AvgIpc) is 2.61. The number of nitrogens with zero attached hydrogens (tertiary/aromatic N) is 2. The topological polar surface area (TPSA) is 17.8 Å². The van der Waals surface area contributed by atoms with Crippen LogP contribution in [0.4, 0.5) is 0 Å². The monoisotopic (exact) mass is 254 g/mol. The van der Waals surface area contributed by atoms with Crippen molar-refractivity contribution < 1.29 is 0 Å². The molecule has 0 aliphatic carbocycles. The quantitative estimate of drug-likeness (QED) is 0.775. The summed E-state index contributed by atoms with van der Waals surface area (Å²) in [7, 11) is 0. The largest absolute Gasteiger partial charge is 0.312 e. The van der Waals surface area contributed by atoms with Gasteiger partial charge in [0.2, 0.25) is 5.28 Å². The maximum atomic E-state index is 6.05. The van der Waals surface area contributed by atoms with E-state index in [-0.39, 0.29) is 6.04 Å². The van der Waals surface area contributed by atoms with Crippen LogP contribution in [0.5, 0.6) is 0 Å². The van der Waals surface area contributed by atoms with Crippen LogP contribution in [0.2, 0.25) is 10.3 Å². The fourth-order valence-corrected chi connectivity index (χ4v) is 2.12. The van der Waals surface area contributed by atoms with Gasteiger partial charge in [0.05, 0.1) is 11.9 Å². The lowest BCUT2D eigenvalue weighted by molar-refractivity contribution is 0.606. The molecule has 1 heterocycles. The zero-order valence-corrected chi connectivity index (χ0v) is 10.6. The van der Waals surface area contributed by atoms with E-state index in [9.17, 15) is 0 Å². The van der Waals surface area contributed by atoms with E-state index in [1.54, 1.807) is 6.20 Å². The van der Waals surface area contributed by atoms with E-state index in [4.69, 9.17) is 23.2 Å². The number of benzene rings is 1. The minimum Gasteiger partial charge on any atom is -0.312 e. The Hall–Kier alpha value is -0.990. The van der Waals surface area contributed by atoms with Crippen LogP contribution in [-0.4, -0.2) is 9.55 Å². The highest BCUT2D eigenvalue weighted by Gasteiger charge is 2.12. The van der Waals surface area contributed by atoms with Crippen molar-refractivity contribution in [1.82, 2.24) is 9.55 Å². The second-order valence-corrected chi connectivity index (χ2v) is 4.66. The molecule has 0 saturated carbocycles. The molecule has 16 heavy (non-hydrogen) atoms. The first-order valence-corrected chi connectivity index (χ1v) is 5.84. The normalized spacial score (nSPS) is 11.1. The van der Waals surface area contributed by atoms with Gasteiger partial charge in [0, 0.05) is 11.1 Å². The third-order valence-corrected chi connectivity index (χ3v) is 2.94. The zero-order valence-electron chi connectivity index (χ0n) is 9.11. The summed E-state index contributed by atoms with van der Waals surface area (Å²) < 4.78 is 1.99. The van der Waals surface area contributed by atoms with Crippen molar-refractivity contribution in [1.29, 1.82) is 0 Å². The van der Waals surface area contributed by atoms with E-state index >= 15 is 0 Å². The molecule has 1 aromatic heterocycles. The molecule has 0 atom stereocenters. The number of halogens is 2. The maximum absolute atomic E-state index is 6.05. The van der Waals surface area contributed by atoms with Gasteiger partial charge in [-0.15, -0.1) is 0 Å². The molecular weight excluding hydrogens is 243 g/mol. The van der Waals surface area contributed by atoms with Crippen LogP contribution in [0.15, 0.2) is 30.5 Å². The molecule has 2 nitrogen and oxygen atoms in total. The molecule has 84 valence electrons. The molecule has 0 aliphatic rings.